The molecule has 0 fully saturated rings. The number of benzene rings is 1. The van der Waals surface area contributed by atoms with Crippen molar-refractivity contribution < 1.29 is 13.2 Å². The number of nitrogens with zero attached hydrogens (tertiary/aromatic N) is 1. The molecule has 17 heavy (non-hydrogen) atoms. The fraction of sp³-hybridized carbons (Fsp3) is 0.100. The number of carbonyl (C=O) groups is 1. The van der Waals surface area contributed by atoms with Crippen molar-refractivity contribution in [1.82, 2.24) is 0 Å². The van der Waals surface area contributed by atoms with Gasteiger partial charge in [0, 0.05) is 22.3 Å². The second-order valence-electron chi connectivity index (χ2n) is 3.47. The zero-order valence-corrected chi connectivity index (χ0v) is 9.99. The summed E-state index contributed by atoms with van der Waals surface area (Å²) in [5.41, 5.74) is 7.68. The minimum Gasteiger partial charge on any atom is -0.292 e. The van der Waals surface area contributed by atoms with Crippen LogP contribution in [-0.2, 0) is 13.8 Å². The zero-order chi connectivity index (χ0) is 12.6. The van der Waals surface area contributed by atoms with Gasteiger partial charge in [-0.25, -0.2) is 13.9 Å². The lowest BCUT2D eigenvalue weighted by molar-refractivity contribution is -0.116. The Balaban J connectivity index is 2.75. The molecule has 1 unspecified atom stereocenters. The maximum absolute atomic E-state index is 11.6. The predicted molar refractivity (Wildman–Crippen MR) is 62.1 cm³/mol. The minimum absolute atomic E-state index is 0.236. The summed E-state index contributed by atoms with van der Waals surface area (Å²) in [4.78, 5) is 11.4. The molecule has 0 saturated carbocycles. The Hall–Kier alpha value is -1.53. The molecule has 1 atom stereocenters. The van der Waals surface area contributed by atoms with Gasteiger partial charge in [-0.15, -0.1) is 0 Å². The Morgan fingerprint density at radius 1 is 1.29 bits per heavy atom. The Morgan fingerprint density at radius 3 is 2.53 bits per heavy atom. The van der Waals surface area contributed by atoms with Crippen LogP contribution in [0.15, 0.2) is 35.5 Å². The SMILES string of the molecule is N=NC1C(=O)C=C(S(=O)(=O)Cl)c2ccccc21. The number of ketones is 1. The van der Waals surface area contributed by atoms with Crippen LogP contribution in [0.25, 0.3) is 4.91 Å². The van der Waals surface area contributed by atoms with Crippen LogP contribution in [0.5, 0.6) is 0 Å². The first-order valence-corrected chi connectivity index (χ1v) is 6.92. The maximum atomic E-state index is 11.6. The topological polar surface area (TPSA) is 87.4 Å². The average molecular weight is 271 g/mol. The standard InChI is InChI=1S/C10H7ClN2O3S/c11-17(15,16)9-5-8(14)10(13-12)7-4-2-1-3-6(7)9/h1-5,10,12H. The summed E-state index contributed by atoms with van der Waals surface area (Å²) >= 11 is 0. The number of rotatable bonds is 2. The van der Waals surface area contributed by atoms with Gasteiger partial charge < -0.3 is 0 Å². The Labute approximate surface area is 102 Å². The van der Waals surface area contributed by atoms with Gasteiger partial charge in [0.2, 0.25) is 0 Å². The minimum atomic E-state index is -3.99. The van der Waals surface area contributed by atoms with Gasteiger partial charge in [-0.1, -0.05) is 24.3 Å². The largest absolute Gasteiger partial charge is 0.292 e. The van der Waals surface area contributed by atoms with E-state index in [0.29, 0.717) is 11.1 Å². The van der Waals surface area contributed by atoms with Crippen LogP contribution >= 0.6 is 10.7 Å². The van der Waals surface area contributed by atoms with Gasteiger partial charge in [-0.3, -0.25) is 4.79 Å². The maximum Gasteiger partial charge on any atom is 0.262 e. The first-order chi connectivity index (χ1) is 7.95. The highest BCUT2D eigenvalue weighted by Crippen LogP contribution is 2.36. The van der Waals surface area contributed by atoms with E-state index in [0.717, 1.165) is 6.08 Å². The van der Waals surface area contributed by atoms with Crippen LogP contribution in [0.4, 0.5) is 0 Å². The predicted octanol–water partition coefficient (Wildman–Crippen LogP) is 2.25. The van der Waals surface area contributed by atoms with Gasteiger partial charge in [-0.2, -0.15) is 5.11 Å². The first-order valence-electron chi connectivity index (χ1n) is 4.61. The molecule has 0 saturated heterocycles. The fourth-order valence-electron chi connectivity index (χ4n) is 1.73. The molecule has 88 valence electrons. The van der Waals surface area contributed by atoms with Gasteiger partial charge in [0.05, 0.1) is 4.91 Å². The number of hydrogen-bond acceptors (Lipinski definition) is 5. The third-order valence-electron chi connectivity index (χ3n) is 2.46. The van der Waals surface area contributed by atoms with Crippen molar-refractivity contribution in [2.75, 3.05) is 0 Å². The van der Waals surface area contributed by atoms with Crippen LogP contribution in [0.1, 0.15) is 17.2 Å². The highest BCUT2D eigenvalue weighted by Gasteiger charge is 2.32. The van der Waals surface area contributed by atoms with E-state index >= 15 is 0 Å². The molecule has 0 heterocycles. The number of fused-ring (bicyclic) bond motifs is 1. The van der Waals surface area contributed by atoms with Gasteiger partial charge in [0.25, 0.3) is 9.05 Å². The molecule has 0 spiro atoms. The number of carbonyl (C=O) groups excluding carboxylic acids is 1. The Bertz CT molecular complexity index is 637. The third-order valence-corrected chi connectivity index (χ3v) is 3.82. The quantitative estimate of drug-likeness (QED) is 0.660. The van der Waals surface area contributed by atoms with Crippen molar-refractivity contribution in [1.29, 1.82) is 5.53 Å². The number of nitrogens with one attached hydrogen (secondary N) is 1. The molecule has 1 aliphatic rings. The lowest BCUT2D eigenvalue weighted by atomic mass is 9.92. The van der Waals surface area contributed by atoms with E-state index in [4.69, 9.17) is 16.2 Å². The molecule has 0 amide bonds. The summed E-state index contributed by atoms with van der Waals surface area (Å²) in [6, 6.07) is 5.39. The van der Waals surface area contributed by atoms with Gasteiger partial charge in [-0.05, 0) is 5.56 Å². The van der Waals surface area contributed by atoms with Crippen LogP contribution < -0.4 is 0 Å². The molecule has 0 radical (unpaired) electrons. The van der Waals surface area contributed by atoms with Crippen molar-refractivity contribution >= 4 is 30.4 Å². The third kappa shape index (κ3) is 2.01. The summed E-state index contributed by atoms with van der Waals surface area (Å²) in [7, 11) is 1.28. The molecule has 7 heteroatoms. The molecule has 2 rings (SSSR count). The molecule has 1 aliphatic carbocycles. The van der Waals surface area contributed by atoms with Crippen LogP contribution in [0.3, 0.4) is 0 Å². The molecule has 1 N–H and O–H groups in total. The summed E-state index contributed by atoms with van der Waals surface area (Å²) in [6.07, 6.45) is 0.924. The summed E-state index contributed by atoms with van der Waals surface area (Å²) < 4.78 is 22.7. The van der Waals surface area contributed by atoms with Gasteiger partial charge >= 0.3 is 0 Å². The lowest BCUT2D eigenvalue weighted by Gasteiger charge is -2.19. The van der Waals surface area contributed by atoms with E-state index in [-0.39, 0.29) is 4.91 Å². The van der Waals surface area contributed by atoms with Crippen LogP contribution in [-0.4, -0.2) is 14.2 Å². The number of halogens is 1. The lowest BCUT2D eigenvalue weighted by Crippen LogP contribution is -2.16. The molecular weight excluding hydrogens is 264 g/mol. The highest BCUT2D eigenvalue weighted by atomic mass is 35.7. The Kier molecular flexibility index (Phi) is 2.84. The zero-order valence-electron chi connectivity index (χ0n) is 8.42. The second kappa shape index (κ2) is 4.05. The van der Waals surface area contributed by atoms with Gasteiger partial charge in [0.1, 0.15) is 0 Å². The normalized spacial score (nSPS) is 19.5. The molecular formula is C10H7ClN2O3S. The van der Waals surface area contributed by atoms with E-state index in [1.54, 1.807) is 18.2 Å². The molecule has 0 aliphatic heterocycles. The molecule has 0 bridgehead atoms. The van der Waals surface area contributed by atoms with Crippen molar-refractivity contribution in [3.63, 3.8) is 0 Å². The monoisotopic (exact) mass is 270 g/mol. The van der Waals surface area contributed by atoms with Crippen molar-refractivity contribution in [2.45, 2.75) is 6.04 Å². The number of hydrogen-bond donors (Lipinski definition) is 1. The first kappa shape index (κ1) is 11.9. The molecule has 0 aromatic heterocycles. The summed E-state index contributed by atoms with van der Waals surface area (Å²) in [6.45, 7) is 0. The van der Waals surface area contributed by atoms with Crippen LogP contribution in [0.2, 0.25) is 0 Å². The van der Waals surface area contributed by atoms with Crippen LogP contribution in [0, 0.1) is 5.53 Å². The molecule has 5 nitrogen and oxygen atoms in total. The average Bonchev–Trinajstić information content (AvgIpc) is 2.27. The van der Waals surface area contributed by atoms with E-state index in [9.17, 15) is 13.2 Å². The fourth-order valence-corrected chi connectivity index (χ4v) is 2.82. The van der Waals surface area contributed by atoms with Crippen molar-refractivity contribution in [3.05, 3.63) is 41.5 Å². The van der Waals surface area contributed by atoms with E-state index in [1.807, 2.05) is 0 Å². The second-order valence-corrected chi connectivity index (χ2v) is 6.00. The molecule has 1 aromatic rings. The highest BCUT2D eigenvalue weighted by molar-refractivity contribution is 8.21. The molecule has 1 aromatic carbocycles. The van der Waals surface area contributed by atoms with E-state index in [2.05, 4.69) is 5.11 Å². The van der Waals surface area contributed by atoms with Gasteiger partial charge in [0.15, 0.2) is 11.8 Å². The smallest absolute Gasteiger partial charge is 0.262 e. The van der Waals surface area contributed by atoms with Crippen molar-refractivity contribution in [3.8, 4) is 0 Å². The Morgan fingerprint density at radius 2 is 1.94 bits per heavy atom. The van der Waals surface area contributed by atoms with Crippen molar-refractivity contribution in [2.24, 2.45) is 5.11 Å². The summed E-state index contributed by atoms with van der Waals surface area (Å²) in [5.74, 6) is -0.557. The summed E-state index contributed by atoms with van der Waals surface area (Å²) in [5, 5.41) is 3.20. The van der Waals surface area contributed by atoms with E-state index < -0.39 is 20.9 Å². The van der Waals surface area contributed by atoms with E-state index in [1.165, 1.54) is 6.07 Å².